The van der Waals surface area contributed by atoms with Crippen LogP contribution in [-0.2, 0) is 12.8 Å². The van der Waals surface area contributed by atoms with Crippen LogP contribution in [-0.4, -0.2) is 34.1 Å². The lowest BCUT2D eigenvalue weighted by Gasteiger charge is -2.28. The Morgan fingerprint density at radius 2 is 1.11 bits per heavy atom. The molecular weight excluding hydrogens is 336 g/mol. The van der Waals surface area contributed by atoms with Gasteiger partial charge in [-0.1, -0.05) is 54.6 Å². The third-order valence-electron chi connectivity index (χ3n) is 5.25. The molecule has 0 saturated carbocycles. The molecule has 0 unspecified atom stereocenters. The first-order chi connectivity index (χ1) is 13.1. The molecule has 2 aromatic rings. The molecule has 0 aromatic heterocycles. The summed E-state index contributed by atoms with van der Waals surface area (Å²) in [6.07, 6.45) is 7.07. The quantitative estimate of drug-likeness (QED) is 0.462. The van der Waals surface area contributed by atoms with Crippen molar-refractivity contribution in [2.45, 2.75) is 63.4 Å². The molecule has 3 N–H and O–H groups in total. The van der Waals surface area contributed by atoms with Gasteiger partial charge in [0.25, 0.3) is 0 Å². The van der Waals surface area contributed by atoms with Crippen molar-refractivity contribution in [1.29, 1.82) is 0 Å². The molecular formula is C24H34O3. The average molecular weight is 371 g/mol. The van der Waals surface area contributed by atoms with Crippen molar-refractivity contribution in [3.05, 3.63) is 71.3 Å². The molecule has 0 radical (unpaired) electrons. The van der Waals surface area contributed by atoms with Crippen LogP contribution >= 0.6 is 0 Å². The summed E-state index contributed by atoms with van der Waals surface area (Å²) in [5.74, 6) is 0. The fourth-order valence-electron chi connectivity index (χ4n) is 3.54. The number of aliphatic hydroxyl groups excluding tert-OH is 2. The fraction of sp³-hybridized carbons (Fsp3) is 0.500. The Kier molecular flexibility index (Phi) is 9.54. The van der Waals surface area contributed by atoms with Crippen LogP contribution in [0.25, 0.3) is 0 Å². The van der Waals surface area contributed by atoms with E-state index in [-0.39, 0.29) is 13.2 Å². The highest BCUT2D eigenvalue weighted by Crippen LogP contribution is 2.27. The molecule has 0 atom stereocenters. The van der Waals surface area contributed by atoms with Gasteiger partial charge in [0.15, 0.2) is 0 Å². The topological polar surface area (TPSA) is 60.7 Å². The van der Waals surface area contributed by atoms with Gasteiger partial charge in [0.1, 0.15) is 0 Å². The van der Waals surface area contributed by atoms with Crippen molar-refractivity contribution in [2.75, 3.05) is 13.2 Å². The highest BCUT2D eigenvalue weighted by Gasteiger charge is 2.25. The lowest BCUT2D eigenvalue weighted by Crippen LogP contribution is -2.29. The van der Waals surface area contributed by atoms with Gasteiger partial charge in [0.05, 0.1) is 5.60 Å². The van der Waals surface area contributed by atoms with Crippen molar-refractivity contribution in [3.63, 3.8) is 0 Å². The van der Waals surface area contributed by atoms with E-state index in [1.54, 1.807) is 0 Å². The summed E-state index contributed by atoms with van der Waals surface area (Å²) in [5.41, 5.74) is 3.15. The van der Waals surface area contributed by atoms with E-state index in [0.717, 1.165) is 44.9 Å². The molecule has 0 heterocycles. The lowest BCUT2D eigenvalue weighted by molar-refractivity contribution is 0.00818. The van der Waals surface area contributed by atoms with E-state index in [4.69, 9.17) is 10.2 Å². The molecule has 2 aromatic carbocycles. The van der Waals surface area contributed by atoms with Crippen LogP contribution in [0.1, 0.15) is 61.6 Å². The molecule has 2 rings (SSSR count). The minimum Gasteiger partial charge on any atom is -0.396 e. The second kappa shape index (κ2) is 11.9. The highest BCUT2D eigenvalue weighted by molar-refractivity contribution is 5.28. The van der Waals surface area contributed by atoms with Crippen LogP contribution in [0.5, 0.6) is 0 Å². The van der Waals surface area contributed by atoms with E-state index in [1.165, 1.54) is 16.7 Å². The fourth-order valence-corrected chi connectivity index (χ4v) is 3.54. The second-order valence-electron chi connectivity index (χ2n) is 7.56. The normalized spacial score (nSPS) is 11.7. The molecule has 0 aliphatic rings. The smallest absolute Gasteiger partial charge is 0.0651 e. The zero-order valence-electron chi connectivity index (χ0n) is 16.3. The number of benzene rings is 2. The van der Waals surface area contributed by atoms with Gasteiger partial charge in [0.2, 0.25) is 0 Å². The van der Waals surface area contributed by atoms with Gasteiger partial charge in [0, 0.05) is 13.2 Å². The molecule has 3 heteroatoms. The van der Waals surface area contributed by atoms with E-state index in [0.29, 0.717) is 12.8 Å². The van der Waals surface area contributed by atoms with Crippen molar-refractivity contribution in [2.24, 2.45) is 0 Å². The monoisotopic (exact) mass is 370 g/mol. The number of hydrogen-bond donors (Lipinski definition) is 3. The van der Waals surface area contributed by atoms with E-state index in [9.17, 15) is 5.11 Å². The van der Waals surface area contributed by atoms with E-state index >= 15 is 0 Å². The van der Waals surface area contributed by atoms with Gasteiger partial charge >= 0.3 is 0 Å². The Morgan fingerprint density at radius 3 is 1.67 bits per heavy atom. The molecule has 0 spiro atoms. The molecule has 0 amide bonds. The Morgan fingerprint density at radius 1 is 0.593 bits per heavy atom. The van der Waals surface area contributed by atoms with E-state index in [2.05, 4.69) is 48.5 Å². The van der Waals surface area contributed by atoms with Crippen molar-refractivity contribution < 1.29 is 15.3 Å². The number of unbranched alkanes of at least 4 members (excludes halogenated alkanes) is 2. The zero-order valence-corrected chi connectivity index (χ0v) is 16.3. The zero-order chi connectivity index (χ0) is 19.4. The van der Waals surface area contributed by atoms with Crippen molar-refractivity contribution >= 4 is 0 Å². The minimum atomic E-state index is -0.701. The summed E-state index contributed by atoms with van der Waals surface area (Å²) in [4.78, 5) is 0. The maximum atomic E-state index is 11.0. The molecule has 0 fully saturated rings. The van der Waals surface area contributed by atoms with Crippen LogP contribution in [0, 0.1) is 0 Å². The first kappa shape index (κ1) is 21.6. The predicted octanol–water partition coefficient (Wildman–Crippen LogP) is 4.27. The number of aryl methyl sites for hydroxylation is 1. The Hall–Kier alpha value is -1.68. The number of aliphatic hydroxyl groups is 3. The SMILES string of the molecule is OCCCCC(O)(CCCCO)CCc1ccc(Cc2ccccc2)cc1. The van der Waals surface area contributed by atoms with Gasteiger partial charge in [-0.15, -0.1) is 0 Å². The third-order valence-corrected chi connectivity index (χ3v) is 5.25. The summed E-state index contributed by atoms with van der Waals surface area (Å²) < 4.78 is 0. The minimum absolute atomic E-state index is 0.176. The maximum Gasteiger partial charge on any atom is 0.0651 e. The van der Waals surface area contributed by atoms with Gasteiger partial charge < -0.3 is 15.3 Å². The molecule has 0 aliphatic carbocycles. The van der Waals surface area contributed by atoms with Crippen LogP contribution in [0.2, 0.25) is 0 Å². The van der Waals surface area contributed by atoms with E-state index in [1.807, 2.05) is 6.07 Å². The highest BCUT2D eigenvalue weighted by atomic mass is 16.3. The van der Waals surface area contributed by atoms with Gasteiger partial charge in [-0.2, -0.15) is 0 Å². The standard InChI is InChI=1S/C24H34O3/c25-18-6-4-15-24(27,16-5-7-19-26)17-14-21-10-12-23(13-11-21)20-22-8-2-1-3-9-22/h1-3,8-13,25-27H,4-7,14-20H2. The van der Waals surface area contributed by atoms with Crippen LogP contribution in [0.4, 0.5) is 0 Å². The Labute approximate surface area is 163 Å². The average Bonchev–Trinajstić information content (AvgIpc) is 2.69. The summed E-state index contributed by atoms with van der Waals surface area (Å²) in [7, 11) is 0. The number of hydrogen-bond acceptors (Lipinski definition) is 3. The molecule has 3 nitrogen and oxygen atoms in total. The van der Waals surface area contributed by atoms with Crippen molar-refractivity contribution in [3.8, 4) is 0 Å². The van der Waals surface area contributed by atoms with Crippen LogP contribution in [0.3, 0.4) is 0 Å². The van der Waals surface area contributed by atoms with Gasteiger partial charge in [-0.3, -0.25) is 0 Å². The molecule has 0 bridgehead atoms. The molecule has 27 heavy (non-hydrogen) atoms. The van der Waals surface area contributed by atoms with Crippen LogP contribution in [0.15, 0.2) is 54.6 Å². The molecule has 0 saturated heterocycles. The lowest BCUT2D eigenvalue weighted by atomic mass is 9.85. The molecule has 0 aliphatic heterocycles. The summed E-state index contributed by atoms with van der Waals surface area (Å²) in [6.45, 7) is 0.352. The first-order valence-corrected chi connectivity index (χ1v) is 10.2. The first-order valence-electron chi connectivity index (χ1n) is 10.2. The molecule has 148 valence electrons. The summed E-state index contributed by atoms with van der Waals surface area (Å²) in [6, 6.07) is 19.2. The van der Waals surface area contributed by atoms with Gasteiger partial charge in [-0.25, -0.2) is 0 Å². The third kappa shape index (κ3) is 8.25. The van der Waals surface area contributed by atoms with E-state index < -0.39 is 5.60 Å². The van der Waals surface area contributed by atoms with Crippen LogP contribution < -0.4 is 0 Å². The maximum absolute atomic E-state index is 11.0. The van der Waals surface area contributed by atoms with Crippen molar-refractivity contribution in [1.82, 2.24) is 0 Å². The largest absolute Gasteiger partial charge is 0.396 e. The summed E-state index contributed by atoms with van der Waals surface area (Å²) in [5, 5.41) is 29.0. The Bertz CT molecular complexity index is 612. The second-order valence-corrected chi connectivity index (χ2v) is 7.56. The Balaban J connectivity index is 1.88. The number of rotatable bonds is 13. The van der Waals surface area contributed by atoms with Gasteiger partial charge in [-0.05, 0) is 74.5 Å². The summed E-state index contributed by atoms with van der Waals surface area (Å²) >= 11 is 0. The predicted molar refractivity (Wildman–Crippen MR) is 111 cm³/mol.